The number of hydrogen-bond donors (Lipinski definition) is 1. The van der Waals surface area contributed by atoms with E-state index in [1.54, 1.807) is 6.92 Å². The number of rotatable bonds is 3. The minimum absolute atomic E-state index is 0.0000817. The zero-order chi connectivity index (χ0) is 19.8. The van der Waals surface area contributed by atoms with Crippen LogP contribution in [0.3, 0.4) is 0 Å². The van der Waals surface area contributed by atoms with Gasteiger partial charge in [0, 0.05) is 12.1 Å². The number of hydrogen-bond acceptors (Lipinski definition) is 5. The standard InChI is InChI=1S/C18H14F3NO5/c1-2-26-17(25)12-8-22-16(24)14-11(7-13(23)27-15(12)14)9-3-5-10(6-4-9)18(19,20)21/h3-6,8,11H,2,7H2,1H3,(H,22,24)/t11-/m1/s1. The predicted molar refractivity (Wildman–Crippen MR) is 86.6 cm³/mol. The fourth-order valence-corrected chi connectivity index (χ4v) is 2.93. The Bertz CT molecular complexity index is 947. The summed E-state index contributed by atoms with van der Waals surface area (Å²) in [5, 5.41) is 0. The highest BCUT2D eigenvalue weighted by Crippen LogP contribution is 2.39. The topological polar surface area (TPSA) is 85.5 Å². The monoisotopic (exact) mass is 381 g/mol. The van der Waals surface area contributed by atoms with E-state index < -0.39 is 35.2 Å². The Kier molecular flexibility index (Phi) is 4.77. The molecule has 2 aromatic rings. The lowest BCUT2D eigenvalue weighted by Crippen LogP contribution is -2.30. The van der Waals surface area contributed by atoms with Crippen molar-refractivity contribution in [1.82, 2.24) is 4.98 Å². The molecule has 1 aromatic heterocycles. The van der Waals surface area contributed by atoms with Crippen LogP contribution in [-0.2, 0) is 15.7 Å². The average molecular weight is 381 g/mol. The van der Waals surface area contributed by atoms with Gasteiger partial charge in [0.05, 0.1) is 24.2 Å². The molecule has 0 radical (unpaired) electrons. The second-order valence-corrected chi connectivity index (χ2v) is 5.85. The Morgan fingerprint density at radius 3 is 2.52 bits per heavy atom. The lowest BCUT2D eigenvalue weighted by Gasteiger charge is -2.25. The SMILES string of the molecule is CCOC(=O)c1c[nH]c(=O)c2c1OC(=O)C[C@@H]2c1ccc(C(F)(F)F)cc1. The molecule has 0 unspecified atom stereocenters. The molecule has 0 fully saturated rings. The largest absolute Gasteiger partial charge is 0.462 e. The summed E-state index contributed by atoms with van der Waals surface area (Å²) in [6.45, 7) is 1.66. The Hall–Kier alpha value is -3.10. The minimum atomic E-state index is -4.50. The maximum atomic E-state index is 12.8. The number of aromatic amines is 1. The lowest BCUT2D eigenvalue weighted by atomic mass is 9.86. The van der Waals surface area contributed by atoms with Crippen LogP contribution < -0.4 is 10.3 Å². The van der Waals surface area contributed by atoms with Gasteiger partial charge < -0.3 is 14.5 Å². The van der Waals surface area contributed by atoms with Crippen LogP contribution in [0.15, 0.2) is 35.3 Å². The van der Waals surface area contributed by atoms with Gasteiger partial charge in [-0.2, -0.15) is 13.2 Å². The molecule has 0 amide bonds. The third kappa shape index (κ3) is 3.57. The molecule has 1 aliphatic rings. The number of nitrogens with one attached hydrogen (secondary N) is 1. The third-order valence-corrected chi connectivity index (χ3v) is 4.15. The molecule has 9 heteroatoms. The summed E-state index contributed by atoms with van der Waals surface area (Å²) >= 11 is 0. The first-order valence-electron chi connectivity index (χ1n) is 8.03. The zero-order valence-corrected chi connectivity index (χ0v) is 14.1. The Labute approximate surface area is 150 Å². The molecule has 0 aliphatic carbocycles. The molecular weight excluding hydrogens is 367 g/mol. The van der Waals surface area contributed by atoms with Gasteiger partial charge in [0.15, 0.2) is 5.75 Å². The molecule has 0 saturated carbocycles. The lowest BCUT2D eigenvalue weighted by molar-refractivity contribution is -0.138. The average Bonchev–Trinajstić information content (AvgIpc) is 2.60. The number of carbonyl (C=O) groups is 2. The molecular formula is C18H14F3NO5. The summed E-state index contributed by atoms with van der Waals surface area (Å²) in [4.78, 5) is 38.8. The van der Waals surface area contributed by atoms with E-state index in [1.807, 2.05) is 0 Å². The van der Waals surface area contributed by atoms with Gasteiger partial charge in [0.2, 0.25) is 0 Å². The van der Waals surface area contributed by atoms with Crippen molar-refractivity contribution in [1.29, 1.82) is 0 Å². The predicted octanol–water partition coefficient (Wildman–Crippen LogP) is 3.01. The molecule has 1 atom stereocenters. The van der Waals surface area contributed by atoms with Gasteiger partial charge in [0.25, 0.3) is 5.56 Å². The van der Waals surface area contributed by atoms with Gasteiger partial charge in [0.1, 0.15) is 5.56 Å². The summed E-state index contributed by atoms with van der Waals surface area (Å²) in [7, 11) is 0. The molecule has 0 bridgehead atoms. The highest BCUT2D eigenvalue weighted by Gasteiger charge is 2.36. The fourth-order valence-electron chi connectivity index (χ4n) is 2.93. The normalized spacial score (nSPS) is 16.4. The number of carbonyl (C=O) groups excluding carboxylic acids is 2. The van der Waals surface area contributed by atoms with Crippen LogP contribution in [0.1, 0.15) is 46.3 Å². The van der Waals surface area contributed by atoms with Crippen molar-refractivity contribution in [3.05, 3.63) is 63.1 Å². The number of H-pyrrole nitrogens is 1. The van der Waals surface area contributed by atoms with E-state index in [2.05, 4.69) is 4.98 Å². The molecule has 1 N–H and O–H groups in total. The van der Waals surface area contributed by atoms with E-state index in [9.17, 15) is 27.6 Å². The van der Waals surface area contributed by atoms with Gasteiger partial charge in [-0.05, 0) is 24.6 Å². The summed E-state index contributed by atoms with van der Waals surface area (Å²) in [5.41, 5.74) is -1.25. The van der Waals surface area contributed by atoms with Gasteiger partial charge in [-0.3, -0.25) is 9.59 Å². The quantitative estimate of drug-likeness (QED) is 0.826. The molecule has 6 nitrogen and oxygen atoms in total. The Balaban J connectivity index is 2.11. The highest BCUT2D eigenvalue weighted by atomic mass is 19.4. The van der Waals surface area contributed by atoms with E-state index in [1.165, 1.54) is 12.1 Å². The van der Waals surface area contributed by atoms with Crippen molar-refractivity contribution < 1.29 is 32.2 Å². The van der Waals surface area contributed by atoms with Crippen molar-refractivity contribution in [3.63, 3.8) is 0 Å². The van der Waals surface area contributed by atoms with Crippen LogP contribution in [0.2, 0.25) is 0 Å². The maximum Gasteiger partial charge on any atom is 0.416 e. The Morgan fingerprint density at radius 2 is 1.93 bits per heavy atom. The first-order chi connectivity index (χ1) is 12.7. The second-order valence-electron chi connectivity index (χ2n) is 5.85. The summed E-state index contributed by atoms with van der Waals surface area (Å²) < 4.78 is 48.3. The van der Waals surface area contributed by atoms with Gasteiger partial charge in [-0.15, -0.1) is 0 Å². The number of benzene rings is 1. The summed E-state index contributed by atoms with van der Waals surface area (Å²) in [6, 6.07) is 4.15. The van der Waals surface area contributed by atoms with Crippen LogP contribution in [0.25, 0.3) is 0 Å². The third-order valence-electron chi connectivity index (χ3n) is 4.15. The molecule has 0 saturated heterocycles. The zero-order valence-electron chi connectivity index (χ0n) is 14.1. The van der Waals surface area contributed by atoms with Crippen molar-refractivity contribution in [3.8, 4) is 5.75 Å². The van der Waals surface area contributed by atoms with Crippen molar-refractivity contribution in [2.75, 3.05) is 6.61 Å². The van der Waals surface area contributed by atoms with E-state index in [4.69, 9.17) is 9.47 Å². The second kappa shape index (κ2) is 6.90. The van der Waals surface area contributed by atoms with Crippen LogP contribution in [0.4, 0.5) is 13.2 Å². The summed E-state index contributed by atoms with van der Waals surface area (Å²) in [6.07, 6.45) is -3.66. The molecule has 0 spiro atoms. The first-order valence-corrected chi connectivity index (χ1v) is 8.03. The van der Waals surface area contributed by atoms with Crippen LogP contribution in [0, 0.1) is 0 Å². The van der Waals surface area contributed by atoms with E-state index in [-0.39, 0.29) is 29.9 Å². The van der Waals surface area contributed by atoms with Gasteiger partial charge >= 0.3 is 18.1 Å². The number of pyridine rings is 1. The van der Waals surface area contributed by atoms with E-state index >= 15 is 0 Å². The smallest absolute Gasteiger partial charge is 0.416 e. The highest BCUT2D eigenvalue weighted by molar-refractivity contribution is 5.94. The number of esters is 2. The number of alkyl halides is 3. The number of aromatic nitrogens is 1. The van der Waals surface area contributed by atoms with E-state index in [0.717, 1.165) is 18.3 Å². The van der Waals surface area contributed by atoms with Crippen LogP contribution in [-0.4, -0.2) is 23.5 Å². The van der Waals surface area contributed by atoms with Gasteiger partial charge in [-0.1, -0.05) is 12.1 Å². The van der Waals surface area contributed by atoms with Crippen LogP contribution >= 0.6 is 0 Å². The molecule has 1 aliphatic heterocycles. The molecule has 3 rings (SSSR count). The number of halogens is 3. The summed E-state index contributed by atoms with van der Waals surface area (Å²) in [5.74, 6) is -2.56. The first kappa shape index (κ1) is 18.7. The molecule has 142 valence electrons. The maximum absolute atomic E-state index is 12.8. The molecule has 27 heavy (non-hydrogen) atoms. The molecule has 2 heterocycles. The Morgan fingerprint density at radius 1 is 1.26 bits per heavy atom. The fraction of sp³-hybridized carbons (Fsp3) is 0.278. The minimum Gasteiger partial charge on any atom is -0.462 e. The van der Waals surface area contributed by atoms with Crippen molar-refractivity contribution >= 4 is 11.9 Å². The molecule has 1 aromatic carbocycles. The van der Waals surface area contributed by atoms with Crippen molar-refractivity contribution in [2.24, 2.45) is 0 Å². The van der Waals surface area contributed by atoms with E-state index in [0.29, 0.717) is 5.56 Å². The van der Waals surface area contributed by atoms with Gasteiger partial charge in [-0.25, -0.2) is 4.79 Å². The van der Waals surface area contributed by atoms with Crippen LogP contribution in [0.5, 0.6) is 5.75 Å². The van der Waals surface area contributed by atoms with Crippen molar-refractivity contribution in [2.45, 2.75) is 25.4 Å². The number of ether oxygens (including phenoxy) is 2. The number of fused-ring (bicyclic) bond motifs is 1.